The third kappa shape index (κ3) is 1.81. The summed E-state index contributed by atoms with van der Waals surface area (Å²) in [7, 11) is 0. The summed E-state index contributed by atoms with van der Waals surface area (Å²) in [4.78, 5) is 10.5. The van der Waals surface area contributed by atoms with Gasteiger partial charge in [0.25, 0.3) is 0 Å². The Morgan fingerprint density at radius 3 is 2.30 bits per heavy atom. The largest absolute Gasteiger partial charge is 0.396 e. The number of aldehydes is 1. The van der Waals surface area contributed by atoms with E-state index in [-0.39, 0.29) is 17.9 Å². The zero-order valence-electron chi connectivity index (χ0n) is 6.92. The number of rotatable bonds is 4. The lowest BCUT2D eigenvalue weighted by Gasteiger charge is -2.26. The van der Waals surface area contributed by atoms with Gasteiger partial charge in [0.2, 0.25) is 0 Å². The molecule has 0 spiro atoms. The van der Waals surface area contributed by atoms with Gasteiger partial charge in [0.1, 0.15) is 6.29 Å². The minimum atomic E-state index is -0.339. The van der Waals surface area contributed by atoms with E-state index in [1.807, 2.05) is 20.8 Å². The summed E-state index contributed by atoms with van der Waals surface area (Å²) in [5.41, 5.74) is -0.339. The van der Waals surface area contributed by atoms with Gasteiger partial charge in [-0.3, -0.25) is 0 Å². The van der Waals surface area contributed by atoms with E-state index in [2.05, 4.69) is 0 Å². The Bertz CT molecular complexity index is 112. The highest BCUT2D eigenvalue weighted by Gasteiger charge is 2.27. The topological polar surface area (TPSA) is 37.3 Å². The van der Waals surface area contributed by atoms with Crippen LogP contribution in [0.1, 0.15) is 27.2 Å². The van der Waals surface area contributed by atoms with Gasteiger partial charge in [-0.15, -0.1) is 0 Å². The Kier molecular flexibility index (Phi) is 3.58. The van der Waals surface area contributed by atoms with Crippen LogP contribution in [0.3, 0.4) is 0 Å². The summed E-state index contributed by atoms with van der Waals surface area (Å²) < 4.78 is 0. The van der Waals surface area contributed by atoms with Crippen molar-refractivity contribution in [1.82, 2.24) is 0 Å². The van der Waals surface area contributed by atoms with Crippen LogP contribution in [-0.2, 0) is 4.79 Å². The molecule has 0 rings (SSSR count). The molecule has 0 aromatic rings. The van der Waals surface area contributed by atoms with Crippen molar-refractivity contribution >= 4 is 6.29 Å². The Balaban J connectivity index is 4.16. The second-order valence-corrected chi connectivity index (χ2v) is 3.06. The van der Waals surface area contributed by atoms with E-state index >= 15 is 0 Å². The SMILES string of the molecule is CCC(C)(C=O)C(C)CO. The van der Waals surface area contributed by atoms with Gasteiger partial charge in [-0.25, -0.2) is 0 Å². The first kappa shape index (κ1) is 9.63. The molecular weight excluding hydrogens is 128 g/mol. The number of hydrogen-bond donors (Lipinski definition) is 1. The minimum absolute atomic E-state index is 0.0648. The summed E-state index contributed by atoms with van der Waals surface area (Å²) in [6.45, 7) is 5.81. The molecule has 0 radical (unpaired) electrons. The van der Waals surface area contributed by atoms with E-state index in [1.54, 1.807) is 0 Å². The molecule has 0 saturated carbocycles. The van der Waals surface area contributed by atoms with Crippen molar-refractivity contribution in [3.63, 3.8) is 0 Å². The predicted octanol–water partition coefficient (Wildman–Crippen LogP) is 1.23. The Hall–Kier alpha value is -0.370. The number of carbonyl (C=O) groups is 1. The normalized spacial score (nSPS) is 19.6. The van der Waals surface area contributed by atoms with Crippen LogP contribution >= 0.6 is 0 Å². The summed E-state index contributed by atoms with van der Waals surface area (Å²) in [6, 6.07) is 0. The second kappa shape index (κ2) is 3.71. The smallest absolute Gasteiger partial charge is 0.126 e. The standard InChI is InChI=1S/C8H16O2/c1-4-8(3,6-10)7(2)5-9/h6-7,9H,4-5H2,1-3H3. The highest BCUT2D eigenvalue weighted by molar-refractivity contribution is 5.59. The number of hydrogen-bond acceptors (Lipinski definition) is 2. The van der Waals surface area contributed by atoms with Crippen LogP contribution in [0.15, 0.2) is 0 Å². The third-order valence-corrected chi connectivity index (χ3v) is 2.43. The lowest BCUT2D eigenvalue weighted by Crippen LogP contribution is -2.28. The lowest BCUT2D eigenvalue weighted by molar-refractivity contribution is -0.118. The fraction of sp³-hybridized carbons (Fsp3) is 0.875. The van der Waals surface area contributed by atoms with Crippen LogP contribution in [0.2, 0.25) is 0 Å². The van der Waals surface area contributed by atoms with E-state index in [9.17, 15) is 4.79 Å². The maximum absolute atomic E-state index is 10.5. The van der Waals surface area contributed by atoms with Gasteiger partial charge in [0.05, 0.1) is 0 Å². The molecule has 1 N–H and O–H groups in total. The van der Waals surface area contributed by atoms with Crippen LogP contribution in [-0.4, -0.2) is 18.0 Å². The quantitative estimate of drug-likeness (QED) is 0.602. The molecule has 0 heterocycles. The third-order valence-electron chi connectivity index (χ3n) is 2.43. The summed E-state index contributed by atoms with van der Waals surface area (Å²) >= 11 is 0. The zero-order chi connectivity index (χ0) is 8.20. The molecule has 0 bridgehead atoms. The Labute approximate surface area is 62.2 Å². The monoisotopic (exact) mass is 144 g/mol. The molecule has 0 aromatic carbocycles. The average molecular weight is 144 g/mol. The molecule has 0 aromatic heterocycles. The van der Waals surface area contributed by atoms with Crippen molar-refractivity contribution in [3.8, 4) is 0 Å². The first-order valence-electron chi connectivity index (χ1n) is 3.68. The van der Waals surface area contributed by atoms with Crippen molar-refractivity contribution in [2.45, 2.75) is 27.2 Å². The molecule has 2 unspecified atom stereocenters. The van der Waals surface area contributed by atoms with Crippen molar-refractivity contribution in [1.29, 1.82) is 0 Å². The fourth-order valence-corrected chi connectivity index (χ4v) is 0.756. The first-order chi connectivity index (χ1) is 4.60. The molecule has 2 nitrogen and oxygen atoms in total. The molecule has 0 aliphatic rings. The fourth-order valence-electron chi connectivity index (χ4n) is 0.756. The van der Waals surface area contributed by atoms with Crippen molar-refractivity contribution < 1.29 is 9.90 Å². The predicted molar refractivity (Wildman–Crippen MR) is 40.7 cm³/mol. The van der Waals surface area contributed by atoms with E-state index in [0.717, 1.165) is 12.7 Å². The second-order valence-electron chi connectivity index (χ2n) is 3.06. The van der Waals surface area contributed by atoms with Crippen LogP contribution in [0.4, 0.5) is 0 Å². The molecule has 0 aliphatic heterocycles. The number of carbonyl (C=O) groups excluding carboxylic acids is 1. The van der Waals surface area contributed by atoms with E-state index in [4.69, 9.17) is 5.11 Å². The van der Waals surface area contributed by atoms with Gasteiger partial charge >= 0.3 is 0 Å². The molecular formula is C8H16O2. The highest BCUT2D eigenvalue weighted by atomic mass is 16.3. The average Bonchev–Trinajstić information content (AvgIpc) is 2.01. The van der Waals surface area contributed by atoms with Crippen LogP contribution in [0, 0.1) is 11.3 Å². The van der Waals surface area contributed by atoms with E-state index < -0.39 is 0 Å². The minimum Gasteiger partial charge on any atom is -0.396 e. The molecule has 60 valence electrons. The van der Waals surface area contributed by atoms with Crippen LogP contribution in [0.25, 0.3) is 0 Å². The van der Waals surface area contributed by atoms with Gasteiger partial charge in [0, 0.05) is 12.0 Å². The highest BCUT2D eigenvalue weighted by Crippen LogP contribution is 2.27. The summed E-state index contributed by atoms with van der Waals surface area (Å²) in [5, 5.41) is 8.77. The van der Waals surface area contributed by atoms with E-state index in [0.29, 0.717) is 0 Å². The van der Waals surface area contributed by atoms with Crippen molar-refractivity contribution in [3.05, 3.63) is 0 Å². The van der Waals surface area contributed by atoms with Gasteiger partial charge < -0.3 is 9.90 Å². The molecule has 10 heavy (non-hydrogen) atoms. The molecule has 0 saturated heterocycles. The van der Waals surface area contributed by atoms with E-state index in [1.165, 1.54) is 0 Å². The first-order valence-corrected chi connectivity index (χ1v) is 3.68. The zero-order valence-corrected chi connectivity index (χ0v) is 6.92. The number of aliphatic hydroxyl groups is 1. The van der Waals surface area contributed by atoms with Gasteiger partial charge in [-0.2, -0.15) is 0 Å². The summed E-state index contributed by atoms with van der Waals surface area (Å²) in [6.07, 6.45) is 1.73. The molecule has 2 heteroatoms. The van der Waals surface area contributed by atoms with Crippen LogP contribution < -0.4 is 0 Å². The van der Waals surface area contributed by atoms with Crippen LogP contribution in [0.5, 0.6) is 0 Å². The summed E-state index contributed by atoms with van der Waals surface area (Å²) in [5.74, 6) is 0.0648. The Morgan fingerprint density at radius 2 is 2.20 bits per heavy atom. The lowest BCUT2D eigenvalue weighted by atomic mass is 9.78. The van der Waals surface area contributed by atoms with Crippen molar-refractivity contribution in [2.75, 3.05) is 6.61 Å². The van der Waals surface area contributed by atoms with Gasteiger partial charge in [-0.1, -0.05) is 20.8 Å². The Morgan fingerprint density at radius 1 is 1.70 bits per heavy atom. The molecule has 0 amide bonds. The molecule has 0 fully saturated rings. The molecule has 2 atom stereocenters. The molecule has 0 aliphatic carbocycles. The maximum Gasteiger partial charge on any atom is 0.126 e. The number of aliphatic hydroxyl groups excluding tert-OH is 1. The van der Waals surface area contributed by atoms with Crippen molar-refractivity contribution in [2.24, 2.45) is 11.3 Å². The maximum atomic E-state index is 10.5. The van der Waals surface area contributed by atoms with Gasteiger partial charge in [-0.05, 0) is 12.3 Å². The van der Waals surface area contributed by atoms with Gasteiger partial charge in [0.15, 0.2) is 0 Å².